The van der Waals surface area contributed by atoms with Gasteiger partial charge in [-0.1, -0.05) is 26.7 Å². The van der Waals surface area contributed by atoms with Crippen LogP contribution in [0.25, 0.3) is 0 Å². The molecule has 1 aliphatic rings. The van der Waals surface area contributed by atoms with Crippen LogP contribution in [-0.2, 0) is 9.53 Å². The molecule has 0 heterocycles. The second-order valence-corrected chi connectivity index (χ2v) is 5.86. The molecule has 0 aromatic heterocycles. The van der Waals surface area contributed by atoms with Crippen LogP contribution in [0.15, 0.2) is 0 Å². The highest BCUT2D eigenvalue weighted by Crippen LogP contribution is 2.35. The lowest BCUT2D eigenvalue weighted by Gasteiger charge is -2.39. The largest absolute Gasteiger partial charge is 0.466 e. The number of aliphatic hydroxyl groups is 1. The van der Waals surface area contributed by atoms with Crippen LogP contribution in [0, 0.1) is 5.41 Å². The minimum absolute atomic E-state index is 0.0774. The van der Waals surface area contributed by atoms with Crippen molar-refractivity contribution in [3.63, 3.8) is 0 Å². The SMILES string of the molecule is CCOC(=O)CC(O)CNC1CCCCC1(C)C. The molecule has 0 aromatic rings. The molecule has 4 nitrogen and oxygen atoms in total. The van der Waals surface area contributed by atoms with Crippen molar-refractivity contribution in [2.24, 2.45) is 5.41 Å². The van der Waals surface area contributed by atoms with E-state index >= 15 is 0 Å². The fraction of sp³-hybridized carbons (Fsp3) is 0.929. The summed E-state index contributed by atoms with van der Waals surface area (Å²) in [5.74, 6) is -0.324. The van der Waals surface area contributed by atoms with Crippen molar-refractivity contribution >= 4 is 5.97 Å². The first-order valence-corrected chi connectivity index (χ1v) is 7.02. The van der Waals surface area contributed by atoms with Gasteiger partial charge in [-0.3, -0.25) is 4.79 Å². The monoisotopic (exact) mass is 257 g/mol. The average Bonchev–Trinajstić information content (AvgIpc) is 2.27. The maximum absolute atomic E-state index is 11.2. The number of aliphatic hydroxyl groups excluding tert-OH is 1. The second-order valence-electron chi connectivity index (χ2n) is 5.86. The molecule has 0 aromatic carbocycles. The highest BCUT2D eigenvalue weighted by Gasteiger charge is 2.32. The molecule has 2 N–H and O–H groups in total. The van der Waals surface area contributed by atoms with Crippen LogP contribution >= 0.6 is 0 Å². The van der Waals surface area contributed by atoms with E-state index in [0.717, 1.165) is 6.42 Å². The van der Waals surface area contributed by atoms with E-state index in [1.807, 2.05) is 0 Å². The van der Waals surface area contributed by atoms with Gasteiger partial charge in [0.2, 0.25) is 0 Å². The molecule has 0 aliphatic heterocycles. The Bertz CT molecular complexity index is 266. The number of carbonyl (C=O) groups is 1. The molecule has 2 unspecified atom stereocenters. The molecule has 0 saturated heterocycles. The molecule has 1 rings (SSSR count). The predicted octanol–water partition coefficient (Wildman–Crippen LogP) is 1.86. The number of hydrogen-bond donors (Lipinski definition) is 2. The third-order valence-electron chi connectivity index (χ3n) is 3.81. The topological polar surface area (TPSA) is 58.6 Å². The Labute approximate surface area is 110 Å². The van der Waals surface area contributed by atoms with Crippen molar-refractivity contribution in [1.29, 1.82) is 0 Å². The van der Waals surface area contributed by atoms with E-state index in [4.69, 9.17) is 4.74 Å². The summed E-state index contributed by atoms with van der Waals surface area (Å²) >= 11 is 0. The molecule has 2 atom stereocenters. The summed E-state index contributed by atoms with van der Waals surface area (Å²) in [5.41, 5.74) is 0.280. The van der Waals surface area contributed by atoms with Gasteiger partial charge in [0.05, 0.1) is 19.1 Å². The maximum atomic E-state index is 11.2. The van der Waals surface area contributed by atoms with E-state index < -0.39 is 6.10 Å². The Hall–Kier alpha value is -0.610. The van der Waals surface area contributed by atoms with Gasteiger partial charge in [0, 0.05) is 12.6 Å². The van der Waals surface area contributed by atoms with Gasteiger partial charge in [-0.2, -0.15) is 0 Å². The van der Waals surface area contributed by atoms with Crippen molar-refractivity contribution in [3.05, 3.63) is 0 Å². The first kappa shape index (κ1) is 15.4. The van der Waals surface area contributed by atoms with Gasteiger partial charge in [0.1, 0.15) is 0 Å². The van der Waals surface area contributed by atoms with Crippen molar-refractivity contribution in [2.45, 2.75) is 65.0 Å². The lowest BCUT2D eigenvalue weighted by Crippen LogP contribution is -2.47. The first-order chi connectivity index (χ1) is 8.45. The molecule has 0 bridgehead atoms. The van der Waals surface area contributed by atoms with Crippen molar-refractivity contribution in [2.75, 3.05) is 13.2 Å². The van der Waals surface area contributed by atoms with Gasteiger partial charge in [-0.05, 0) is 25.2 Å². The fourth-order valence-corrected chi connectivity index (χ4v) is 2.64. The third kappa shape index (κ3) is 4.94. The highest BCUT2D eigenvalue weighted by atomic mass is 16.5. The van der Waals surface area contributed by atoms with E-state index in [1.54, 1.807) is 6.92 Å². The summed E-state index contributed by atoms with van der Waals surface area (Å²) in [6.45, 7) is 7.14. The highest BCUT2D eigenvalue weighted by molar-refractivity contribution is 5.69. The van der Waals surface area contributed by atoms with Gasteiger partial charge in [-0.15, -0.1) is 0 Å². The third-order valence-corrected chi connectivity index (χ3v) is 3.81. The Morgan fingerprint density at radius 2 is 2.22 bits per heavy atom. The molecule has 4 heteroatoms. The number of nitrogens with one attached hydrogen (secondary N) is 1. The van der Waals surface area contributed by atoms with Gasteiger partial charge < -0.3 is 15.2 Å². The molecule has 1 fully saturated rings. The Morgan fingerprint density at radius 3 is 2.83 bits per heavy atom. The maximum Gasteiger partial charge on any atom is 0.308 e. The molecule has 18 heavy (non-hydrogen) atoms. The minimum atomic E-state index is -0.651. The van der Waals surface area contributed by atoms with Gasteiger partial charge >= 0.3 is 5.97 Å². The Kier molecular flexibility index (Phi) is 6.09. The summed E-state index contributed by atoms with van der Waals surface area (Å²) < 4.78 is 4.82. The minimum Gasteiger partial charge on any atom is -0.466 e. The zero-order valence-corrected chi connectivity index (χ0v) is 11.9. The molecule has 1 saturated carbocycles. The van der Waals surface area contributed by atoms with E-state index in [1.165, 1.54) is 19.3 Å². The van der Waals surface area contributed by atoms with Gasteiger partial charge in [0.25, 0.3) is 0 Å². The van der Waals surface area contributed by atoms with Crippen LogP contribution in [0.5, 0.6) is 0 Å². The standard InChI is InChI=1S/C14H27NO3/c1-4-18-13(17)9-11(16)10-15-12-7-5-6-8-14(12,2)3/h11-12,15-16H,4-10H2,1-3H3. The summed E-state index contributed by atoms with van der Waals surface area (Å²) in [7, 11) is 0. The summed E-state index contributed by atoms with van der Waals surface area (Å²) in [5, 5.41) is 13.2. The number of ether oxygens (including phenoxy) is 1. The Balaban J connectivity index is 2.28. The van der Waals surface area contributed by atoms with Crippen molar-refractivity contribution in [3.8, 4) is 0 Å². The van der Waals surface area contributed by atoms with Crippen LogP contribution in [0.1, 0.15) is 52.9 Å². The van der Waals surface area contributed by atoms with E-state index in [-0.39, 0.29) is 17.8 Å². The van der Waals surface area contributed by atoms with Crippen LogP contribution in [-0.4, -0.2) is 36.4 Å². The van der Waals surface area contributed by atoms with Gasteiger partial charge in [0.15, 0.2) is 0 Å². The number of esters is 1. The zero-order valence-electron chi connectivity index (χ0n) is 11.9. The molecular formula is C14H27NO3. The normalized spacial score (nSPS) is 24.6. The predicted molar refractivity (Wildman–Crippen MR) is 71.3 cm³/mol. The quantitative estimate of drug-likeness (QED) is 0.713. The lowest BCUT2D eigenvalue weighted by molar-refractivity contribution is -0.145. The van der Waals surface area contributed by atoms with E-state index in [0.29, 0.717) is 19.2 Å². The van der Waals surface area contributed by atoms with E-state index in [2.05, 4.69) is 19.2 Å². The molecule has 0 radical (unpaired) electrons. The molecule has 1 aliphatic carbocycles. The average molecular weight is 257 g/mol. The molecular weight excluding hydrogens is 230 g/mol. The summed E-state index contributed by atoms with van der Waals surface area (Å²) in [6, 6.07) is 0.433. The fourth-order valence-electron chi connectivity index (χ4n) is 2.64. The molecule has 0 spiro atoms. The van der Waals surface area contributed by atoms with Crippen molar-refractivity contribution in [1.82, 2.24) is 5.32 Å². The summed E-state index contributed by atoms with van der Waals surface area (Å²) in [4.78, 5) is 11.2. The number of rotatable bonds is 6. The Morgan fingerprint density at radius 1 is 1.50 bits per heavy atom. The smallest absolute Gasteiger partial charge is 0.308 e. The first-order valence-electron chi connectivity index (χ1n) is 7.02. The van der Waals surface area contributed by atoms with Crippen LogP contribution in [0.4, 0.5) is 0 Å². The van der Waals surface area contributed by atoms with Crippen LogP contribution in [0.2, 0.25) is 0 Å². The van der Waals surface area contributed by atoms with E-state index in [9.17, 15) is 9.90 Å². The lowest BCUT2D eigenvalue weighted by atomic mass is 9.73. The molecule has 0 amide bonds. The van der Waals surface area contributed by atoms with Crippen LogP contribution in [0.3, 0.4) is 0 Å². The van der Waals surface area contributed by atoms with Crippen molar-refractivity contribution < 1.29 is 14.6 Å². The second kappa shape index (κ2) is 7.10. The summed E-state index contributed by atoms with van der Waals surface area (Å²) in [6.07, 6.45) is 4.33. The van der Waals surface area contributed by atoms with Crippen LogP contribution < -0.4 is 5.32 Å². The number of hydrogen-bond acceptors (Lipinski definition) is 4. The number of carbonyl (C=O) groups excluding carboxylic acids is 1. The zero-order chi connectivity index (χ0) is 13.6. The van der Waals surface area contributed by atoms with Gasteiger partial charge in [-0.25, -0.2) is 0 Å². The molecule has 106 valence electrons.